The van der Waals surface area contributed by atoms with Crippen molar-refractivity contribution >= 4 is 5.97 Å². The molecule has 3 nitrogen and oxygen atoms in total. The number of ether oxygens (including phenoxy) is 1. The number of rotatable bonds is 10. The van der Waals surface area contributed by atoms with Crippen molar-refractivity contribution in [1.29, 1.82) is 0 Å². The second-order valence-corrected chi connectivity index (χ2v) is 3.54. The van der Waals surface area contributed by atoms with Crippen molar-refractivity contribution in [3.8, 4) is 0 Å². The van der Waals surface area contributed by atoms with Gasteiger partial charge < -0.3 is 10.1 Å². The first-order valence-corrected chi connectivity index (χ1v) is 5.81. The average Bonchev–Trinajstić information content (AvgIpc) is 2.26. The van der Waals surface area contributed by atoms with E-state index in [1.807, 2.05) is 0 Å². The number of esters is 1. The predicted molar refractivity (Wildman–Crippen MR) is 62.8 cm³/mol. The Balaban J connectivity index is 2.98. The normalized spacial score (nSPS) is 9.93. The molecule has 0 spiro atoms. The van der Waals surface area contributed by atoms with Crippen molar-refractivity contribution in [1.82, 2.24) is 5.32 Å². The predicted octanol–water partition coefficient (Wildman–Crippen LogP) is 2.28. The standard InChI is InChI=1S/C12H23NO2/c1-3-9-13-10-7-5-6-8-11-15-12(14)4-2/h4,13H,2-3,5-11H2,1H3. The molecule has 0 unspecified atom stereocenters. The van der Waals surface area contributed by atoms with Crippen LogP contribution in [0, 0.1) is 0 Å². The zero-order valence-electron chi connectivity index (χ0n) is 9.76. The number of nitrogens with one attached hydrogen (secondary N) is 1. The summed E-state index contributed by atoms with van der Waals surface area (Å²) in [6.45, 7) is 8.23. The molecule has 0 rings (SSSR count). The number of carbonyl (C=O) groups excluding carboxylic acids is 1. The van der Waals surface area contributed by atoms with E-state index in [4.69, 9.17) is 4.74 Å². The van der Waals surface area contributed by atoms with Crippen molar-refractivity contribution in [2.45, 2.75) is 39.0 Å². The molecule has 0 heterocycles. The molecular weight excluding hydrogens is 190 g/mol. The SMILES string of the molecule is C=CC(=O)OCCCCCCNCCC. The van der Waals surface area contributed by atoms with Crippen molar-refractivity contribution in [3.63, 3.8) is 0 Å². The number of unbranched alkanes of at least 4 members (excludes halogenated alkanes) is 3. The molecule has 3 heteroatoms. The van der Waals surface area contributed by atoms with Crippen LogP contribution in [0.1, 0.15) is 39.0 Å². The van der Waals surface area contributed by atoms with Crippen molar-refractivity contribution in [2.75, 3.05) is 19.7 Å². The van der Waals surface area contributed by atoms with Crippen molar-refractivity contribution in [2.24, 2.45) is 0 Å². The summed E-state index contributed by atoms with van der Waals surface area (Å²) in [7, 11) is 0. The molecule has 0 radical (unpaired) electrons. The summed E-state index contributed by atoms with van der Waals surface area (Å²) in [5.41, 5.74) is 0. The van der Waals surface area contributed by atoms with E-state index in [1.54, 1.807) is 0 Å². The lowest BCUT2D eigenvalue weighted by molar-refractivity contribution is -0.137. The van der Waals surface area contributed by atoms with E-state index in [2.05, 4.69) is 18.8 Å². The maximum absolute atomic E-state index is 10.7. The van der Waals surface area contributed by atoms with Crippen LogP contribution < -0.4 is 5.32 Å². The van der Waals surface area contributed by atoms with Gasteiger partial charge >= 0.3 is 5.97 Å². The Kier molecular flexibility index (Phi) is 10.6. The van der Waals surface area contributed by atoms with E-state index in [9.17, 15) is 4.79 Å². The molecule has 0 aliphatic heterocycles. The van der Waals surface area contributed by atoms with Gasteiger partial charge in [-0.1, -0.05) is 26.3 Å². The highest BCUT2D eigenvalue weighted by Crippen LogP contribution is 1.99. The Labute approximate surface area is 92.9 Å². The highest BCUT2D eigenvalue weighted by Gasteiger charge is 1.94. The highest BCUT2D eigenvalue weighted by molar-refractivity contribution is 5.81. The molecule has 1 N–H and O–H groups in total. The maximum atomic E-state index is 10.7. The van der Waals surface area contributed by atoms with Crippen molar-refractivity contribution in [3.05, 3.63) is 12.7 Å². The third kappa shape index (κ3) is 11.1. The van der Waals surface area contributed by atoms with Crippen LogP contribution in [0.4, 0.5) is 0 Å². The summed E-state index contributed by atoms with van der Waals surface area (Å²) in [6.07, 6.45) is 6.87. The molecule has 88 valence electrons. The summed E-state index contributed by atoms with van der Waals surface area (Å²) in [4.78, 5) is 10.7. The van der Waals surface area contributed by atoms with Gasteiger partial charge in [-0.25, -0.2) is 4.79 Å². The number of hydrogen-bond donors (Lipinski definition) is 1. The van der Waals surface area contributed by atoms with Crippen LogP contribution in [0.25, 0.3) is 0 Å². The van der Waals surface area contributed by atoms with E-state index < -0.39 is 0 Å². The van der Waals surface area contributed by atoms with Crippen LogP contribution in [0.15, 0.2) is 12.7 Å². The van der Waals surface area contributed by atoms with Gasteiger partial charge in [-0.3, -0.25) is 0 Å². The van der Waals surface area contributed by atoms with Gasteiger partial charge in [0, 0.05) is 6.08 Å². The van der Waals surface area contributed by atoms with E-state index in [0.29, 0.717) is 6.61 Å². The average molecular weight is 213 g/mol. The first-order chi connectivity index (χ1) is 7.31. The van der Waals surface area contributed by atoms with Gasteiger partial charge in [0.05, 0.1) is 6.61 Å². The summed E-state index contributed by atoms with van der Waals surface area (Å²) in [5.74, 6) is -0.320. The van der Waals surface area contributed by atoms with Crippen molar-refractivity contribution < 1.29 is 9.53 Å². The third-order valence-electron chi connectivity index (χ3n) is 2.09. The lowest BCUT2D eigenvalue weighted by Gasteiger charge is -2.03. The third-order valence-corrected chi connectivity index (χ3v) is 2.09. The first-order valence-electron chi connectivity index (χ1n) is 5.81. The minimum absolute atomic E-state index is 0.320. The van der Waals surface area contributed by atoms with E-state index in [0.717, 1.165) is 25.9 Å². The summed E-state index contributed by atoms with van der Waals surface area (Å²) < 4.78 is 4.86. The Morgan fingerprint density at radius 1 is 1.27 bits per heavy atom. The molecule has 0 aromatic carbocycles. The van der Waals surface area contributed by atoms with Crippen LogP contribution in [-0.4, -0.2) is 25.7 Å². The second-order valence-electron chi connectivity index (χ2n) is 3.54. The van der Waals surface area contributed by atoms with E-state index >= 15 is 0 Å². The zero-order valence-corrected chi connectivity index (χ0v) is 9.76. The van der Waals surface area contributed by atoms with Crippen LogP contribution in [0.5, 0.6) is 0 Å². The molecule has 0 atom stereocenters. The zero-order chi connectivity index (χ0) is 11.4. The minimum atomic E-state index is -0.320. The summed E-state index contributed by atoms with van der Waals surface area (Å²) in [6, 6.07) is 0. The summed E-state index contributed by atoms with van der Waals surface area (Å²) in [5, 5.41) is 3.35. The minimum Gasteiger partial charge on any atom is -0.463 e. The molecule has 0 aliphatic carbocycles. The topological polar surface area (TPSA) is 38.3 Å². The highest BCUT2D eigenvalue weighted by atomic mass is 16.5. The molecule has 0 aromatic rings. The molecule has 0 amide bonds. The molecule has 0 saturated carbocycles. The Morgan fingerprint density at radius 2 is 2.00 bits per heavy atom. The van der Waals surface area contributed by atoms with Gasteiger partial charge in [-0.2, -0.15) is 0 Å². The molecule has 0 bridgehead atoms. The van der Waals surface area contributed by atoms with Crippen LogP contribution in [-0.2, 0) is 9.53 Å². The van der Waals surface area contributed by atoms with Gasteiger partial charge in [0.15, 0.2) is 0 Å². The van der Waals surface area contributed by atoms with E-state index in [1.165, 1.54) is 25.3 Å². The fraction of sp³-hybridized carbons (Fsp3) is 0.750. The summed E-state index contributed by atoms with van der Waals surface area (Å²) >= 11 is 0. The largest absolute Gasteiger partial charge is 0.463 e. The fourth-order valence-electron chi connectivity index (χ4n) is 1.24. The van der Waals surface area contributed by atoms with Gasteiger partial charge in [-0.05, 0) is 32.4 Å². The molecule has 0 aliphatic rings. The molecule has 0 saturated heterocycles. The molecule has 0 aromatic heterocycles. The van der Waals surface area contributed by atoms with Crippen LogP contribution in [0.3, 0.4) is 0 Å². The smallest absolute Gasteiger partial charge is 0.330 e. The van der Waals surface area contributed by atoms with Gasteiger partial charge in [0.25, 0.3) is 0 Å². The van der Waals surface area contributed by atoms with Crippen LogP contribution in [0.2, 0.25) is 0 Å². The fourth-order valence-corrected chi connectivity index (χ4v) is 1.24. The van der Waals surface area contributed by atoms with Gasteiger partial charge in [-0.15, -0.1) is 0 Å². The van der Waals surface area contributed by atoms with Gasteiger partial charge in [0.2, 0.25) is 0 Å². The second kappa shape index (κ2) is 11.2. The number of hydrogen-bond acceptors (Lipinski definition) is 3. The molecular formula is C12H23NO2. The lowest BCUT2D eigenvalue weighted by Crippen LogP contribution is -2.15. The maximum Gasteiger partial charge on any atom is 0.330 e. The van der Waals surface area contributed by atoms with Crippen LogP contribution >= 0.6 is 0 Å². The lowest BCUT2D eigenvalue weighted by atomic mass is 10.2. The molecule has 0 fully saturated rings. The Bertz CT molecular complexity index is 169. The van der Waals surface area contributed by atoms with E-state index in [-0.39, 0.29) is 5.97 Å². The monoisotopic (exact) mass is 213 g/mol. The quantitative estimate of drug-likeness (QED) is 0.344. The Morgan fingerprint density at radius 3 is 2.67 bits per heavy atom. The Hall–Kier alpha value is -0.830. The van der Waals surface area contributed by atoms with Gasteiger partial charge in [0.1, 0.15) is 0 Å². The number of carbonyl (C=O) groups is 1. The first kappa shape index (κ1) is 14.2. The molecule has 15 heavy (non-hydrogen) atoms.